The van der Waals surface area contributed by atoms with Crippen molar-refractivity contribution >= 4 is 74.1 Å². The fourth-order valence-corrected chi connectivity index (χ4v) is 4.29. The lowest BCUT2D eigenvalue weighted by Gasteiger charge is -2.20. The van der Waals surface area contributed by atoms with Gasteiger partial charge < -0.3 is 15.4 Å². The quantitative estimate of drug-likeness (QED) is 0.0418. The van der Waals surface area contributed by atoms with Gasteiger partial charge in [-0.3, -0.25) is 10.1 Å². The predicted octanol–water partition coefficient (Wildman–Crippen LogP) is 4.17. The number of aromatic amines is 1. The maximum Gasteiger partial charge on any atom is 0.289 e. The smallest absolute Gasteiger partial charge is 0.289 e. The molecule has 0 amide bonds. The number of nitrogens with one attached hydrogen (secondary N) is 2. The van der Waals surface area contributed by atoms with Crippen molar-refractivity contribution in [1.82, 2.24) is 24.6 Å². The molecular weight excluding hydrogens is 489 g/mol. The van der Waals surface area contributed by atoms with Crippen LogP contribution in [0.1, 0.15) is 0 Å². The number of imidazole rings is 1. The van der Waals surface area contributed by atoms with Gasteiger partial charge in [-0.25, -0.2) is 15.0 Å². The largest absolute Gasteiger partial charge is 0.506 e. The molecule has 0 saturated carbocycles. The lowest BCUT2D eigenvalue weighted by molar-refractivity contribution is -0.286. The number of nitrogens with zero attached hydrogens (tertiary/aromatic N) is 5. The standard InChI is InChI=1S/C12H8BrClFN7O3S2/c13-12(21(14)15,27-22(24)25)26-11-19-9-8(16-5-17-9)10(20-11)18-6-3-1-2-4-7(6)23/h1-5,23H,(H2,16,17,18,19,20). The molecule has 2 aromatic heterocycles. The molecule has 142 valence electrons. The van der Waals surface area contributed by atoms with E-state index in [9.17, 15) is 19.7 Å². The summed E-state index contributed by atoms with van der Waals surface area (Å²) in [5.74, 6) is 0.204. The summed E-state index contributed by atoms with van der Waals surface area (Å²) in [6.45, 7) is 0. The van der Waals surface area contributed by atoms with Gasteiger partial charge in [0.2, 0.25) is 0 Å². The van der Waals surface area contributed by atoms with Crippen molar-refractivity contribution in [3.8, 4) is 5.75 Å². The van der Waals surface area contributed by atoms with E-state index in [2.05, 4.69) is 41.2 Å². The molecule has 2 heterocycles. The van der Waals surface area contributed by atoms with Crippen LogP contribution < -0.4 is 5.32 Å². The van der Waals surface area contributed by atoms with E-state index in [0.717, 1.165) is 0 Å². The van der Waals surface area contributed by atoms with Crippen LogP contribution in [0.15, 0.2) is 35.7 Å². The molecule has 27 heavy (non-hydrogen) atoms. The van der Waals surface area contributed by atoms with Crippen LogP contribution in [0.2, 0.25) is 0 Å². The molecule has 3 aromatic rings. The molecule has 1 aromatic carbocycles. The van der Waals surface area contributed by atoms with E-state index in [1.165, 1.54) is 12.4 Å². The summed E-state index contributed by atoms with van der Waals surface area (Å²) in [5, 5.41) is 23.6. The number of phenols is 1. The van der Waals surface area contributed by atoms with E-state index < -0.39 is 7.44 Å². The molecule has 0 spiro atoms. The summed E-state index contributed by atoms with van der Waals surface area (Å²) in [6, 6.07) is 6.45. The number of para-hydroxylation sites is 2. The highest BCUT2D eigenvalue weighted by Gasteiger charge is 2.46. The minimum atomic E-state index is -2.02. The van der Waals surface area contributed by atoms with E-state index in [4.69, 9.17) is 11.8 Å². The molecular formula is C12H8BrClFN7O3S2. The summed E-state index contributed by atoms with van der Waals surface area (Å²) >= 11 is 8.72. The molecule has 3 rings (SSSR count). The fraction of sp³-hybridized carbons (Fsp3) is 0.0833. The number of phenolic OH excluding ortho intramolecular Hbond substituents is 1. The zero-order valence-corrected chi connectivity index (χ0v) is 16.8. The highest BCUT2D eigenvalue weighted by Crippen LogP contribution is 2.50. The Morgan fingerprint density at radius 3 is 2.85 bits per heavy atom. The molecule has 10 nitrogen and oxygen atoms in total. The summed E-state index contributed by atoms with van der Waals surface area (Å²) in [6.07, 6.45) is 1.37. The molecule has 3 N–H and O–H groups in total. The highest BCUT2D eigenvalue weighted by molar-refractivity contribution is 9.13. The van der Waals surface area contributed by atoms with Crippen LogP contribution >= 0.6 is 51.4 Å². The first kappa shape index (κ1) is 19.9. The SMILES string of the molecule is O=[N+]([O-])SC(Br)(Sc1nc(Nc2ccccc2O)c2[nH]cnc2n1)N(F)Cl. The Morgan fingerprint density at radius 2 is 2.19 bits per heavy atom. The van der Waals surface area contributed by atoms with Crippen molar-refractivity contribution in [1.29, 1.82) is 0 Å². The van der Waals surface area contributed by atoms with Crippen molar-refractivity contribution in [2.45, 2.75) is 8.27 Å². The molecule has 0 aliphatic heterocycles. The fourth-order valence-electron chi connectivity index (χ4n) is 1.94. The topological polar surface area (TPSA) is 133 Å². The molecule has 1 atom stereocenters. The van der Waals surface area contributed by atoms with Crippen LogP contribution in [0.5, 0.6) is 5.75 Å². The number of nitro groups is 1. The molecule has 0 radical (unpaired) electrons. The van der Waals surface area contributed by atoms with Crippen LogP contribution in [0.4, 0.5) is 16.0 Å². The number of anilines is 2. The average Bonchev–Trinajstić information content (AvgIpc) is 3.04. The number of hydrogen-bond acceptors (Lipinski definition) is 10. The number of halogens is 3. The first-order valence-electron chi connectivity index (χ1n) is 6.88. The first-order chi connectivity index (χ1) is 12.8. The highest BCUT2D eigenvalue weighted by atomic mass is 79.9. The lowest BCUT2D eigenvalue weighted by atomic mass is 10.3. The number of H-pyrrole nitrogens is 1. The number of benzene rings is 1. The summed E-state index contributed by atoms with van der Waals surface area (Å²) in [5.41, 5.74) is 1.01. The van der Waals surface area contributed by atoms with Gasteiger partial charge in [0.15, 0.2) is 16.6 Å². The maximum atomic E-state index is 13.6. The van der Waals surface area contributed by atoms with Gasteiger partial charge in [-0.2, -0.15) is 0 Å². The third kappa shape index (κ3) is 4.52. The van der Waals surface area contributed by atoms with Crippen LogP contribution in [-0.4, -0.2) is 37.1 Å². The summed E-state index contributed by atoms with van der Waals surface area (Å²) in [4.78, 5) is 26.0. The summed E-state index contributed by atoms with van der Waals surface area (Å²) in [7, 11) is 0. The minimum Gasteiger partial charge on any atom is -0.506 e. The van der Waals surface area contributed by atoms with Crippen molar-refractivity contribution in [2.24, 2.45) is 0 Å². The molecule has 1 unspecified atom stereocenters. The van der Waals surface area contributed by atoms with E-state index in [1.54, 1.807) is 18.2 Å². The Bertz CT molecular complexity index is 997. The van der Waals surface area contributed by atoms with Gasteiger partial charge in [0.1, 0.15) is 15.6 Å². The molecule has 15 heteroatoms. The van der Waals surface area contributed by atoms with E-state index in [1.807, 2.05) is 0 Å². The predicted molar refractivity (Wildman–Crippen MR) is 104 cm³/mol. The van der Waals surface area contributed by atoms with Gasteiger partial charge >= 0.3 is 0 Å². The lowest BCUT2D eigenvalue weighted by Crippen LogP contribution is -2.26. The maximum absolute atomic E-state index is 13.6. The zero-order valence-electron chi connectivity index (χ0n) is 12.8. The van der Waals surface area contributed by atoms with Crippen LogP contribution in [-0.2, 0) is 0 Å². The summed E-state index contributed by atoms with van der Waals surface area (Å²) < 4.78 is 10.4. The number of fused-ring (bicyclic) bond motifs is 1. The number of aromatic nitrogens is 4. The molecule has 0 saturated heterocycles. The monoisotopic (exact) mass is 495 g/mol. The third-order valence-electron chi connectivity index (χ3n) is 3.03. The van der Waals surface area contributed by atoms with Crippen LogP contribution in [0.25, 0.3) is 11.2 Å². The number of aromatic hydroxyl groups is 1. The first-order valence-corrected chi connectivity index (χ1v) is 9.60. The van der Waals surface area contributed by atoms with Gasteiger partial charge in [-0.05, 0) is 44.5 Å². The van der Waals surface area contributed by atoms with Gasteiger partial charge in [0, 0.05) is 11.8 Å². The van der Waals surface area contributed by atoms with Crippen molar-refractivity contribution in [2.75, 3.05) is 5.32 Å². The van der Waals surface area contributed by atoms with Crippen molar-refractivity contribution in [3.63, 3.8) is 0 Å². The molecule has 0 bridgehead atoms. The number of hydrogen-bond donors (Lipinski definition) is 3. The molecule has 0 aliphatic carbocycles. The molecule has 0 fully saturated rings. The normalized spacial score (nSPS) is 13.6. The second-order valence-electron chi connectivity index (χ2n) is 4.75. The van der Waals surface area contributed by atoms with Crippen LogP contribution in [0.3, 0.4) is 0 Å². The Morgan fingerprint density at radius 1 is 1.44 bits per heavy atom. The van der Waals surface area contributed by atoms with Crippen LogP contribution in [0, 0.1) is 10.1 Å². The number of thioether (sulfide) groups is 1. The average molecular weight is 497 g/mol. The second kappa shape index (κ2) is 8.02. The van der Waals surface area contributed by atoms with Gasteiger partial charge in [0.05, 0.1) is 12.0 Å². The number of alkyl halides is 1. The Hall–Kier alpha value is -1.87. The Kier molecular flexibility index (Phi) is 5.90. The minimum absolute atomic E-state index is 0.0209. The molecule has 0 aliphatic rings. The third-order valence-corrected chi connectivity index (χ3v) is 6.70. The Labute approximate surface area is 172 Å². The zero-order chi connectivity index (χ0) is 19.6. The van der Waals surface area contributed by atoms with E-state index in [0.29, 0.717) is 23.0 Å². The Balaban J connectivity index is 2.00. The second-order valence-corrected chi connectivity index (χ2v) is 9.74. The van der Waals surface area contributed by atoms with Gasteiger partial charge in [0.25, 0.3) is 15.1 Å². The van der Waals surface area contributed by atoms with Crippen molar-refractivity contribution < 1.29 is 13.9 Å². The van der Waals surface area contributed by atoms with Crippen molar-refractivity contribution in [3.05, 3.63) is 40.7 Å². The van der Waals surface area contributed by atoms with E-state index >= 15 is 0 Å². The van der Waals surface area contributed by atoms with E-state index in [-0.39, 0.29) is 39.0 Å². The van der Waals surface area contributed by atoms with Gasteiger partial charge in [-0.15, -0.1) is 4.48 Å². The number of rotatable bonds is 7. The van der Waals surface area contributed by atoms with Gasteiger partial charge in [-0.1, -0.05) is 12.1 Å².